The lowest BCUT2D eigenvalue weighted by Crippen LogP contribution is -2.12. The Morgan fingerprint density at radius 3 is 0.527 bits per heavy atom. The van der Waals surface area contributed by atoms with E-state index >= 15 is 0 Å². The van der Waals surface area contributed by atoms with Crippen molar-refractivity contribution in [2.24, 2.45) is 0 Å². The number of esters is 4. The van der Waals surface area contributed by atoms with E-state index in [1.54, 1.807) is 0 Å². The van der Waals surface area contributed by atoms with Gasteiger partial charge in [-0.1, -0.05) is 459 Å². The topological polar surface area (TPSA) is 105 Å². The van der Waals surface area contributed by atoms with Gasteiger partial charge in [0.2, 0.25) is 0 Å². The number of carbonyl (C=O) groups is 4. The van der Waals surface area contributed by atoms with Crippen LogP contribution in [0, 0.1) is 71.0 Å². The molecule has 2 aromatic carbocycles. The van der Waals surface area contributed by atoms with Crippen LogP contribution in [-0.4, -0.2) is 50.3 Å². The predicted molar refractivity (Wildman–Crippen MR) is 474 cm³/mol. The summed E-state index contributed by atoms with van der Waals surface area (Å²) in [5, 5.41) is 0. The zero-order chi connectivity index (χ0) is 80.2. The maximum Gasteiger partial charge on any atom is 0.306 e. The van der Waals surface area contributed by atoms with Gasteiger partial charge >= 0.3 is 23.9 Å². The summed E-state index contributed by atoms with van der Waals surface area (Å²) >= 11 is 0. The highest BCUT2D eigenvalue weighted by Crippen LogP contribution is 2.21. The van der Waals surface area contributed by atoms with Crippen LogP contribution in [0.3, 0.4) is 0 Å². The van der Waals surface area contributed by atoms with Crippen molar-refractivity contribution < 1.29 is 38.1 Å². The van der Waals surface area contributed by atoms with Crippen molar-refractivity contribution in [3.63, 3.8) is 0 Å². The van der Waals surface area contributed by atoms with Gasteiger partial charge in [0.1, 0.15) is 26.4 Å². The van der Waals surface area contributed by atoms with Gasteiger partial charge in [0.25, 0.3) is 0 Å². The smallest absolute Gasteiger partial charge is 0.306 e. The molecule has 2 rings (SSSR count). The van der Waals surface area contributed by atoms with Crippen LogP contribution < -0.4 is 0 Å². The molecular weight excluding hydrogens is 1380 g/mol. The van der Waals surface area contributed by atoms with Gasteiger partial charge in [0.15, 0.2) is 0 Å². The highest BCUT2D eigenvalue weighted by atomic mass is 16.5. The van der Waals surface area contributed by atoms with Gasteiger partial charge < -0.3 is 18.9 Å². The lowest BCUT2D eigenvalue weighted by atomic mass is 10.0. The molecule has 0 aromatic heterocycles. The standard InChI is InChI=1S/C104H158O8/c1-5-9-13-17-21-25-29-33-37-41-45-49-53-57-67-87-101(105)109-91-97(83-73-71-81-95-77-63-61-64-78-95)99(93-111-103(107)89-69-59-55-51-47-43-39-35-31-27-23-19-15-11-7-3)85-75-76-86-100(94-112-104(108)90-70-60-56-52-48-44-40-36-32-28-24-20-16-12-8-4)98(84-74-72-82-96-79-65-62-66-80-96)92-110-102(106)88-68-58-54-50-46-42-38-34-30-26-22-18-14-10-6-2/h61-66,77-80H,5-60,67-70,87-94H2,1-4H3/b99-97+,100-98+. The molecule has 0 N–H and O–H groups in total. The van der Waals surface area contributed by atoms with Crippen LogP contribution in [0.1, 0.15) is 450 Å². The Morgan fingerprint density at radius 2 is 0.357 bits per heavy atom. The number of hydrogen-bond acceptors (Lipinski definition) is 8. The van der Waals surface area contributed by atoms with Crippen molar-refractivity contribution in [3.05, 3.63) is 94.1 Å². The molecule has 0 aliphatic heterocycles. The molecule has 0 heterocycles. The Balaban J connectivity index is 2.50. The fourth-order valence-corrected chi connectivity index (χ4v) is 13.9. The molecule has 0 aliphatic carbocycles. The van der Waals surface area contributed by atoms with Crippen LogP contribution in [0.5, 0.6) is 0 Å². The third-order valence-corrected chi connectivity index (χ3v) is 21.2. The van der Waals surface area contributed by atoms with E-state index in [4.69, 9.17) is 18.9 Å². The Kier molecular flexibility index (Phi) is 73.0. The van der Waals surface area contributed by atoms with E-state index in [9.17, 15) is 19.2 Å². The summed E-state index contributed by atoms with van der Waals surface area (Å²) in [6.07, 6.45) is 74.8. The van der Waals surface area contributed by atoms with E-state index in [1.165, 1.54) is 283 Å². The van der Waals surface area contributed by atoms with Crippen LogP contribution >= 0.6 is 0 Å². The molecule has 0 fully saturated rings. The molecule has 0 atom stereocenters. The van der Waals surface area contributed by atoms with Crippen LogP contribution in [0.15, 0.2) is 83.0 Å². The van der Waals surface area contributed by atoms with E-state index in [2.05, 4.69) is 98.7 Å². The average molecular weight is 1540 g/mol. The van der Waals surface area contributed by atoms with Crippen molar-refractivity contribution in [1.29, 1.82) is 0 Å². The molecule has 112 heavy (non-hydrogen) atoms. The molecule has 8 heteroatoms. The third kappa shape index (κ3) is 67.6. The number of hydrogen-bond donors (Lipinski definition) is 0. The molecule has 8 nitrogen and oxygen atoms in total. The van der Waals surface area contributed by atoms with Crippen LogP contribution in [0.4, 0.5) is 0 Å². The van der Waals surface area contributed by atoms with Crippen molar-refractivity contribution in [2.45, 2.75) is 439 Å². The second-order valence-electron chi connectivity index (χ2n) is 31.6. The molecule has 0 amide bonds. The van der Waals surface area contributed by atoms with Gasteiger partial charge in [-0.25, -0.2) is 0 Å². The predicted octanol–water partition coefficient (Wildman–Crippen LogP) is 28.9. The monoisotopic (exact) mass is 1540 g/mol. The van der Waals surface area contributed by atoms with Gasteiger partial charge in [-0.15, -0.1) is 0 Å². The molecular formula is C104H158O8. The third-order valence-electron chi connectivity index (χ3n) is 21.2. The SMILES string of the molecule is CCCCCCCCCCCCCCCCCC(=O)OC/C(C#CC#C/C(COC(=O)CCCCCCCCCCCCCCCCC)=C(/C#CC#Cc1ccccc1)COC(=O)CCCCCCCCCCCCCCCCC)=C(\C#CC#Cc1ccccc1)COC(=O)CCCCCCCCCCCCCCCCC. The second-order valence-corrected chi connectivity index (χ2v) is 31.6. The minimum atomic E-state index is -0.356. The zero-order valence-electron chi connectivity index (χ0n) is 72.1. The molecule has 622 valence electrons. The quantitative estimate of drug-likeness (QED) is 0.0279. The Labute approximate surface area is 688 Å². The first-order chi connectivity index (χ1) is 55.3. The maximum atomic E-state index is 13.6. The minimum Gasteiger partial charge on any atom is -0.460 e. The van der Waals surface area contributed by atoms with Crippen LogP contribution in [-0.2, 0) is 38.1 Å². The average Bonchev–Trinajstić information content (AvgIpc) is 0.899. The summed E-state index contributed by atoms with van der Waals surface area (Å²) in [4.78, 5) is 54.4. The largest absolute Gasteiger partial charge is 0.460 e. The minimum absolute atomic E-state index is 0.208. The summed E-state index contributed by atoms with van der Waals surface area (Å²) in [5.41, 5.74) is 2.91. The molecule has 0 aliphatic rings. The fraction of sp³-hybridized carbons (Fsp3) is 0.692. The highest BCUT2D eigenvalue weighted by Gasteiger charge is 2.15. The number of carbonyl (C=O) groups excluding carboxylic acids is 4. The summed E-state index contributed by atoms with van der Waals surface area (Å²) in [6.45, 7) is 8.20. The summed E-state index contributed by atoms with van der Waals surface area (Å²) in [5.74, 6) is 35.2. The number of unbranched alkanes of at least 4 members (excludes halogenated alkanes) is 56. The zero-order valence-corrected chi connectivity index (χ0v) is 72.1. The molecule has 0 unspecified atom stereocenters. The lowest BCUT2D eigenvalue weighted by Gasteiger charge is -2.10. The Bertz CT molecular complexity index is 2890. The summed E-state index contributed by atoms with van der Waals surface area (Å²) in [7, 11) is 0. The van der Waals surface area contributed by atoms with E-state index in [1.807, 2.05) is 60.7 Å². The van der Waals surface area contributed by atoms with Gasteiger partial charge in [0, 0.05) is 36.8 Å². The van der Waals surface area contributed by atoms with Crippen molar-refractivity contribution in [1.82, 2.24) is 0 Å². The normalized spacial score (nSPS) is 11.1. The first-order valence-corrected chi connectivity index (χ1v) is 46.5. The van der Waals surface area contributed by atoms with Gasteiger partial charge in [0.05, 0.1) is 22.3 Å². The van der Waals surface area contributed by atoms with Crippen molar-refractivity contribution in [3.8, 4) is 71.0 Å². The number of rotatable bonds is 72. The second kappa shape index (κ2) is 80.8. The lowest BCUT2D eigenvalue weighted by molar-refractivity contribution is -0.144. The molecule has 0 bridgehead atoms. The molecule has 0 saturated heterocycles. The molecule has 0 radical (unpaired) electrons. The van der Waals surface area contributed by atoms with Crippen molar-refractivity contribution >= 4 is 23.9 Å². The maximum absolute atomic E-state index is 13.6. The number of ether oxygens (including phenoxy) is 4. The van der Waals surface area contributed by atoms with Gasteiger partial charge in [-0.3, -0.25) is 19.2 Å². The molecule has 2 aromatic rings. The fourth-order valence-electron chi connectivity index (χ4n) is 13.9. The first-order valence-electron chi connectivity index (χ1n) is 46.5. The van der Waals surface area contributed by atoms with E-state index in [0.717, 1.165) is 101 Å². The molecule has 0 saturated carbocycles. The van der Waals surface area contributed by atoms with E-state index in [-0.39, 0.29) is 76.0 Å². The van der Waals surface area contributed by atoms with Crippen LogP contribution in [0.25, 0.3) is 0 Å². The van der Waals surface area contributed by atoms with Gasteiger partial charge in [-0.2, -0.15) is 0 Å². The molecule has 0 spiro atoms. The Morgan fingerprint density at radius 1 is 0.205 bits per heavy atom. The van der Waals surface area contributed by atoms with Crippen LogP contribution in [0.2, 0.25) is 0 Å². The van der Waals surface area contributed by atoms with Gasteiger partial charge in [-0.05, 0) is 85.5 Å². The van der Waals surface area contributed by atoms with E-state index in [0.29, 0.717) is 35.1 Å². The van der Waals surface area contributed by atoms with Crippen molar-refractivity contribution in [2.75, 3.05) is 26.4 Å². The highest BCUT2D eigenvalue weighted by molar-refractivity contribution is 5.72. The summed E-state index contributed by atoms with van der Waals surface area (Å²) < 4.78 is 24.0. The van der Waals surface area contributed by atoms with E-state index < -0.39 is 0 Å². The summed E-state index contributed by atoms with van der Waals surface area (Å²) in [6, 6.07) is 19.2. The first kappa shape index (κ1) is 101. The Hall–Kier alpha value is -6.84. The number of benzene rings is 2.